The highest BCUT2D eigenvalue weighted by Crippen LogP contribution is 2.37. The van der Waals surface area contributed by atoms with Crippen LogP contribution in [0.2, 0.25) is 0 Å². The average Bonchev–Trinajstić information content (AvgIpc) is 3.11. The second-order valence-corrected chi connectivity index (χ2v) is 12.2. The van der Waals surface area contributed by atoms with Crippen LogP contribution in [0.25, 0.3) is 0 Å². The molecule has 1 saturated heterocycles. The van der Waals surface area contributed by atoms with Crippen molar-refractivity contribution in [3.05, 3.63) is 47.0 Å². The van der Waals surface area contributed by atoms with Crippen molar-refractivity contribution in [2.75, 3.05) is 6.61 Å². The number of esters is 2. The Morgan fingerprint density at radius 1 is 0.930 bits per heavy atom. The maximum atomic E-state index is 13.3. The van der Waals surface area contributed by atoms with Crippen molar-refractivity contribution in [2.45, 2.75) is 81.6 Å². The molecule has 12 nitrogen and oxygen atoms in total. The fraction of sp³-hybridized carbons (Fsp3) is 0.500. The number of amides is 2. The van der Waals surface area contributed by atoms with E-state index >= 15 is 0 Å². The van der Waals surface area contributed by atoms with E-state index in [0.717, 1.165) is 17.4 Å². The Balaban J connectivity index is 2.07. The van der Waals surface area contributed by atoms with Crippen LogP contribution < -0.4 is 0 Å². The van der Waals surface area contributed by atoms with Gasteiger partial charge in [-0.2, -0.15) is 0 Å². The lowest BCUT2D eigenvalue weighted by Gasteiger charge is -2.47. The Kier molecular flexibility index (Phi) is 11.7. The van der Waals surface area contributed by atoms with Gasteiger partial charge in [-0.3, -0.25) is 29.5 Å². The molecule has 0 aromatic heterocycles. The first-order valence-corrected chi connectivity index (χ1v) is 14.3. The van der Waals surface area contributed by atoms with Gasteiger partial charge in [0.15, 0.2) is 12.2 Å². The van der Waals surface area contributed by atoms with Crippen LogP contribution in [0.4, 0.5) is 0 Å². The fourth-order valence-electron chi connectivity index (χ4n) is 4.45. The van der Waals surface area contributed by atoms with E-state index < -0.39 is 64.1 Å². The van der Waals surface area contributed by atoms with Crippen LogP contribution in [0.15, 0.2) is 41.5 Å². The van der Waals surface area contributed by atoms with E-state index in [2.05, 4.69) is 0 Å². The number of rotatable bonds is 11. The normalized spacial score (nSPS) is 24.2. The molecule has 0 bridgehead atoms. The minimum atomic E-state index is -2.38. The molecule has 2 amide bonds. The summed E-state index contributed by atoms with van der Waals surface area (Å²) in [5, 5.41) is 8.16. The van der Waals surface area contributed by atoms with E-state index in [1.807, 2.05) is 30.3 Å². The summed E-state index contributed by atoms with van der Waals surface area (Å²) in [6, 6.07) is 7.46. The highest BCUT2D eigenvalue weighted by atomic mass is 35.6. The molecule has 0 aliphatic carbocycles. The summed E-state index contributed by atoms with van der Waals surface area (Å²) < 4.78 is 26.3. The lowest BCUT2D eigenvalue weighted by atomic mass is 9.94. The number of nitrogens with zero attached hydrogens (tertiary/aromatic N) is 1. The number of hydrogen-bond acceptors (Lipinski definition) is 11. The number of benzene rings is 1. The number of carbonyl (C=O) groups excluding carboxylic acids is 5. The second kappa shape index (κ2) is 14.6. The second-order valence-electron chi connectivity index (χ2n) is 9.94. The van der Waals surface area contributed by atoms with E-state index in [1.54, 1.807) is 0 Å². The van der Waals surface area contributed by atoms with Gasteiger partial charge < -0.3 is 28.5 Å². The van der Waals surface area contributed by atoms with Gasteiger partial charge in [0.2, 0.25) is 12.2 Å². The van der Waals surface area contributed by atoms with E-state index in [1.165, 1.54) is 20.8 Å². The molecule has 1 aromatic carbocycles. The lowest BCUT2D eigenvalue weighted by molar-refractivity contribution is -0.274. The Hall–Kier alpha value is -3.03. The zero-order valence-corrected chi connectivity index (χ0v) is 26.0. The molecule has 1 fully saturated rings. The van der Waals surface area contributed by atoms with Crippen LogP contribution >= 0.6 is 34.8 Å². The molecule has 0 spiro atoms. The maximum absolute atomic E-state index is 13.3. The minimum absolute atomic E-state index is 0.0965. The summed E-state index contributed by atoms with van der Waals surface area (Å²) in [6.45, 7) is 5.10. The molecular formula is C28H31Cl3N2O10. The number of carbonyl (C=O) groups is 5. The van der Waals surface area contributed by atoms with Crippen molar-refractivity contribution in [1.29, 1.82) is 5.41 Å². The first-order chi connectivity index (χ1) is 20.1. The molecule has 234 valence electrons. The number of alkyl halides is 3. The molecule has 1 N–H and O–H groups in total. The zero-order chi connectivity index (χ0) is 32.1. The van der Waals surface area contributed by atoms with Gasteiger partial charge in [0, 0.05) is 24.5 Å². The summed E-state index contributed by atoms with van der Waals surface area (Å²) in [6.07, 6.45) is -6.54. The number of hydrogen-bond donors (Lipinski definition) is 1. The van der Waals surface area contributed by atoms with E-state index in [9.17, 15) is 24.0 Å². The predicted octanol–water partition coefficient (Wildman–Crippen LogP) is 3.58. The van der Waals surface area contributed by atoms with Crippen LogP contribution in [0.1, 0.15) is 46.1 Å². The van der Waals surface area contributed by atoms with Crippen LogP contribution in [-0.2, 0) is 54.3 Å². The Bertz CT molecular complexity index is 1270. The fourth-order valence-corrected chi connectivity index (χ4v) is 4.58. The Labute approximate surface area is 262 Å². The van der Waals surface area contributed by atoms with Gasteiger partial charge in [-0.15, -0.1) is 0 Å². The molecule has 15 heteroatoms. The number of Topliss-reactive ketones (excluding diaryl/α,β-unsaturated/α-hetero) is 1. The summed E-state index contributed by atoms with van der Waals surface area (Å²) in [4.78, 5) is 64.2. The molecule has 2 aliphatic heterocycles. The van der Waals surface area contributed by atoms with Crippen LogP contribution in [0.5, 0.6) is 0 Å². The minimum Gasteiger partial charge on any atom is -0.456 e. The number of ketones is 1. The van der Waals surface area contributed by atoms with Gasteiger partial charge in [0.05, 0.1) is 19.6 Å². The molecule has 0 unspecified atom stereocenters. The first kappa shape index (κ1) is 34.5. The van der Waals surface area contributed by atoms with Gasteiger partial charge in [-0.25, -0.2) is 0 Å². The van der Waals surface area contributed by atoms with Gasteiger partial charge in [0.1, 0.15) is 17.9 Å². The van der Waals surface area contributed by atoms with Crippen molar-refractivity contribution in [1.82, 2.24) is 4.90 Å². The smallest absolute Gasteiger partial charge is 0.306 e. The number of ether oxygens (including phenoxy) is 5. The summed E-state index contributed by atoms with van der Waals surface area (Å²) >= 11 is 17.5. The van der Waals surface area contributed by atoms with Gasteiger partial charge in [-0.05, 0) is 26.3 Å². The lowest BCUT2D eigenvalue weighted by Crippen LogP contribution is -2.68. The standard InChI is InChI=1S/C28H31Cl3N2O10/c1-14(34)10-11-20(36)42-23-21(33-24(37)15(2)16(3)25(33)38)26(43-27(32)28(29,30)31)41-19(22(23)40-17(4)35)13-39-12-18-8-6-5-7-9-18/h5-9,19,21-23,26,32H,10-13H2,1-4H3/t19-,21-,22-,23-,26+/m1/s1. The van der Waals surface area contributed by atoms with Crippen molar-refractivity contribution in [2.24, 2.45) is 0 Å². The molecule has 2 heterocycles. The van der Waals surface area contributed by atoms with E-state index in [4.69, 9.17) is 63.9 Å². The third kappa shape index (κ3) is 8.76. The van der Waals surface area contributed by atoms with Crippen molar-refractivity contribution >= 4 is 70.2 Å². The van der Waals surface area contributed by atoms with Crippen molar-refractivity contribution in [3.63, 3.8) is 0 Å². The topological polar surface area (TPSA) is 159 Å². The van der Waals surface area contributed by atoms with Gasteiger partial charge in [0.25, 0.3) is 15.6 Å². The first-order valence-electron chi connectivity index (χ1n) is 13.1. The Morgan fingerprint density at radius 3 is 2.07 bits per heavy atom. The molecule has 43 heavy (non-hydrogen) atoms. The summed E-state index contributed by atoms with van der Waals surface area (Å²) in [5.74, 6) is -4.45. The van der Waals surface area contributed by atoms with Crippen LogP contribution in [0.3, 0.4) is 0 Å². The van der Waals surface area contributed by atoms with Gasteiger partial charge in [-0.1, -0.05) is 65.1 Å². The number of halogens is 3. The third-order valence-corrected chi connectivity index (χ3v) is 7.21. The number of imide groups is 1. The highest BCUT2D eigenvalue weighted by molar-refractivity contribution is 6.76. The molecule has 1 aromatic rings. The van der Waals surface area contributed by atoms with Crippen LogP contribution in [-0.4, -0.2) is 81.4 Å². The molecule has 5 atom stereocenters. The monoisotopic (exact) mass is 660 g/mol. The largest absolute Gasteiger partial charge is 0.456 e. The predicted molar refractivity (Wildman–Crippen MR) is 153 cm³/mol. The SMILES string of the molecule is CC(=O)CCC(=O)O[C@H]1[C@H](OC(C)=O)[C@@H](COCc2ccccc2)O[C@@H](OC(=N)C(Cl)(Cl)Cl)[C@@H]1N1C(=O)C(C)=C(C)C1=O. The molecule has 3 rings (SSSR count). The molecule has 2 aliphatic rings. The highest BCUT2D eigenvalue weighted by Gasteiger charge is 2.58. The van der Waals surface area contributed by atoms with Crippen molar-refractivity contribution in [3.8, 4) is 0 Å². The van der Waals surface area contributed by atoms with E-state index in [-0.39, 0.29) is 43.0 Å². The quantitative estimate of drug-likeness (QED) is 0.122. The molecular weight excluding hydrogens is 631 g/mol. The average molecular weight is 662 g/mol. The molecule has 0 saturated carbocycles. The molecule has 0 radical (unpaired) electrons. The van der Waals surface area contributed by atoms with Crippen LogP contribution in [0, 0.1) is 5.41 Å². The maximum Gasteiger partial charge on any atom is 0.306 e. The van der Waals surface area contributed by atoms with E-state index in [0.29, 0.717) is 0 Å². The number of nitrogens with one attached hydrogen (secondary N) is 1. The third-order valence-electron chi connectivity index (χ3n) is 6.69. The van der Waals surface area contributed by atoms with Gasteiger partial charge >= 0.3 is 11.9 Å². The Morgan fingerprint density at radius 2 is 1.53 bits per heavy atom. The van der Waals surface area contributed by atoms with Crippen molar-refractivity contribution < 1.29 is 47.7 Å². The summed E-state index contributed by atoms with van der Waals surface area (Å²) in [7, 11) is 0. The summed E-state index contributed by atoms with van der Waals surface area (Å²) in [5.41, 5.74) is 1.00. The zero-order valence-electron chi connectivity index (χ0n) is 23.8.